The van der Waals surface area contributed by atoms with Crippen LogP contribution in [0.3, 0.4) is 0 Å². The quantitative estimate of drug-likeness (QED) is 0.286. The first-order valence-electron chi connectivity index (χ1n) is 9.39. The van der Waals surface area contributed by atoms with Gasteiger partial charge in [-0.3, -0.25) is 9.79 Å². The smallest absolute Gasteiger partial charge is 0.227 e. The van der Waals surface area contributed by atoms with Crippen LogP contribution in [0.25, 0.3) is 0 Å². The maximum atomic E-state index is 12.1. The number of carbonyl (C=O) groups is 1. The van der Waals surface area contributed by atoms with E-state index in [1.165, 1.54) is 5.56 Å². The number of nitrogens with zero attached hydrogens (tertiary/aromatic N) is 1. The molecule has 0 heterocycles. The molecule has 7 heteroatoms. The molecule has 1 aliphatic rings. The molecule has 0 atom stereocenters. The molecule has 27 heavy (non-hydrogen) atoms. The summed E-state index contributed by atoms with van der Waals surface area (Å²) in [6.07, 6.45) is 2.29. The van der Waals surface area contributed by atoms with Gasteiger partial charge in [-0.15, -0.1) is 24.0 Å². The van der Waals surface area contributed by atoms with Crippen molar-refractivity contribution in [3.8, 4) is 0 Å². The molecular formula is C20H32ClIN4O. The van der Waals surface area contributed by atoms with E-state index < -0.39 is 5.41 Å². The van der Waals surface area contributed by atoms with Crippen molar-refractivity contribution in [2.75, 3.05) is 26.2 Å². The Morgan fingerprint density at radius 3 is 2.41 bits per heavy atom. The van der Waals surface area contributed by atoms with E-state index >= 15 is 0 Å². The maximum absolute atomic E-state index is 12.1. The molecule has 0 unspecified atom stereocenters. The van der Waals surface area contributed by atoms with Crippen LogP contribution in [-0.2, 0) is 10.2 Å². The molecule has 2 rings (SSSR count). The molecule has 0 saturated heterocycles. The second-order valence-corrected chi connectivity index (χ2v) is 8.02. The molecule has 1 saturated carbocycles. The number of aliphatic imine (C=N–C) groups is 1. The van der Waals surface area contributed by atoms with Crippen molar-refractivity contribution in [3.63, 3.8) is 0 Å². The van der Waals surface area contributed by atoms with Gasteiger partial charge in [0.25, 0.3) is 0 Å². The summed E-state index contributed by atoms with van der Waals surface area (Å²) in [6, 6.07) is 8.11. The molecule has 3 N–H and O–H groups in total. The Bertz CT molecular complexity index is 659. The highest BCUT2D eigenvalue weighted by atomic mass is 127. The lowest BCUT2D eigenvalue weighted by molar-refractivity contribution is -0.128. The molecular weight excluding hydrogens is 475 g/mol. The first kappa shape index (κ1) is 24.0. The minimum absolute atomic E-state index is 0. The number of hydrogen-bond acceptors (Lipinski definition) is 2. The Kier molecular flexibility index (Phi) is 9.34. The normalized spacial score (nSPS) is 15.5. The van der Waals surface area contributed by atoms with Crippen LogP contribution in [0.5, 0.6) is 0 Å². The molecule has 0 aliphatic heterocycles. The number of hydrogen-bond donors (Lipinski definition) is 3. The summed E-state index contributed by atoms with van der Waals surface area (Å²) >= 11 is 6.15. The van der Waals surface area contributed by atoms with Crippen LogP contribution >= 0.6 is 35.6 Å². The van der Waals surface area contributed by atoms with E-state index in [0.717, 1.165) is 36.9 Å². The summed E-state index contributed by atoms with van der Waals surface area (Å²) in [5.41, 5.74) is 0.870. The van der Waals surface area contributed by atoms with Gasteiger partial charge < -0.3 is 16.0 Å². The van der Waals surface area contributed by atoms with Gasteiger partial charge in [0.15, 0.2) is 5.96 Å². The Morgan fingerprint density at radius 1 is 1.19 bits per heavy atom. The number of nitrogens with one attached hydrogen (secondary N) is 3. The van der Waals surface area contributed by atoms with Gasteiger partial charge in [0.05, 0.1) is 12.0 Å². The Balaban J connectivity index is 0.00000364. The van der Waals surface area contributed by atoms with Crippen molar-refractivity contribution < 1.29 is 4.79 Å². The van der Waals surface area contributed by atoms with Crippen LogP contribution in [0.2, 0.25) is 5.02 Å². The number of benzene rings is 1. The first-order valence-corrected chi connectivity index (χ1v) is 9.77. The van der Waals surface area contributed by atoms with Gasteiger partial charge in [-0.25, -0.2) is 0 Å². The summed E-state index contributed by atoms with van der Waals surface area (Å²) < 4.78 is 0. The van der Waals surface area contributed by atoms with Crippen molar-refractivity contribution >= 4 is 47.4 Å². The van der Waals surface area contributed by atoms with Crippen LogP contribution in [0.15, 0.2) is 29.3 Å². The molecule has 1 aliphatic carbocycles. The van der Waals surface area contributed by atoms with Gasteiger partial charge in [-0.05, 0) is 58.2 Å². The van der Waals surface area contributed by atoms with Crippen molar-refractivity contribution in [2.24, 2.45) is 10.4 Å². The third-order valence-electron chi connectivity index (χ3n) is 4.81. The van der Waals surface area contributed by atoms with Gasteiger partial charge in [-0.2, -0.15) is 0 Å². The molecule has 1 aromatic carbocycles. The van der Waals surface area contributed by atoms with Crippen molar-refractivity contribution in [2.45, 2.75) is 46.0 Å². The van der Waals surface area contributed by atoms with E-state index in [1.54, 1.807) is 0 Å². The average molecular weight is 507 g/mol. The number of carbonyl (C=O) groups excluding carboxylic acids is 1. The third kappa shape index (κ3) is 6.82. The van der Waals surface area contributed by atoms with Crippen LogP contribution in [0.4, 0.5) is 0 Å². The average Bonchev–Trinajstić information content (AvgIpc) is 3.39. The molecule has 0 bridgehead atoms. The minimum atomic E-state index is -0.539. The van der Waals surface area contributed by atoms with Gasteiger partial charge in [0.1, 0.15) is 0 Å². The lowest BCUT2D eigenvalue weighted by Gasteiger charge is -2.23. The number of amides is 1. The highest BCUT2D eigenvalue weighted by Crippen LogP contribution is 2.48. The van der Waals surface area contributed by atoms with Crippen LogP contribution < -0.4 is 16.0 Å². The highest BCUT2D eigenvalue weighted by Gasteiger charge is 2.44. The lowest BCUT2D eigenvalue weighted by Crippen LogP contribution is -2.43. The molecule has 1 fully saturated rings. The molecule has 1 amide bonds. The summed E-state index contributed by atoms with van der Waals surface area (Å²) in [5.74, 6) is 0.773. The van der Waals surface area contributed by atoms with Gasteiger partial charge in [0.2, 0.25) is 5.91 Å². The van der Waals surface area contributed by atoms with Crippen LogP contribution in [0.1, 0.15) is 46.1 Å². The topological polar surface area (TPSA) is 65.5 Å². The number of guanidine groups is 1. The fraction of sp³-hybridized carbons (Fsp3) is 0.600. The van der Waals surface area contributed by atoms with E-state index in [0.29, 0.717) is 13.1 Å². The van der Waals surface area contributed by atoms with Crippen molar-refractivity contribution in [3.05, 3.63) is 34.9 Å². The summed E-state index contributed by atoms with van der Waals surface area (Å²) in [4.78, 5) is 16.8. The molecule has 0 aromatic heterocycles. The van der Waals surface area contributed by atoms with Crippen LogP contribution in [0, 0.1) is 5.41 Å². The zero-order chi connectivity index (χ0) is 19.2. The van der Waals surface area contributed by atoms with E-state index in [4.69, 9.17) is 11.6 Å². The van der Waals surface area contributed by atoms with E-state index in [9.17, 15) is 4.79 Å². The Hall–Kier alpha value is -1.02. The Labute approximate surface area is 185 Å². The van der Waals surface area contributed by atoms with E-state index in [-0.39, 0.29) is 35.3 Å². The van der Waals surface area contributed by atoms with Crippen molar-refractivity contribution in [1.29, 1.82) is 0 Å². The predicted octanol–water partition coefficient (Wildman–Crippen LogP) is 3.71. The maximum Gasteiger partial charge on any atom is 0.227 e. The largest absolute Gasteiger partial charge is 0.357 e. The second kappa shape index (κ2) is 10.5. The molecule has 0 spiro atoms. The highest BCUT2D eigenvalue weighted by molar-refractivity contribution is 14.0. The van der Waals surface area contributed by atoms with Crippen molar-refractivity contribution in [1.82, 2.24) is 16.0 Å². The van der Waals surface area contributed by atoms with E-state index in [1.807, 2.05) is 39.8 Å². The molecule has 152 valence electrons. The summed E-state index contributed by atoms with van der Waals surface area (Å²) in [5, 5.41) is 10.4. The lowest BCUT2D eigenvalue weighted by atomic mass is 9.92. The zero-order valence-corrected chi connectivity index (χ0v) is 19.8. The minimum Gasteiger partial charge on any atom is -0.357 e. The SMILES string of the molecule is CCNC(=O)C(C)(C)CN=C(NCC)NCC1(c2cccc(Cl)c2)CC1.I. The van der Waals surface area contributed by atoms with Gasteiger partial charge >= 0.3 is 0 Å². The third-order valence-corrected chi connectivity index (χ3v) is 5.05. The van der Waals surface area contributed by atoms with Crippen LogP contribution in [-0.4, -0.2) is 38.0 Å². The van der Waals surface area contributed by atoms with E-state index in [2.05, 4.69) is 33.1 Å². The number of halogens is 2. The summed E-state index contributed by atoms with van der Waals surface area (Å²) in [7, 11) is 0. The molecule has 0 radical (unpaired) electrons. The van der Waals surface area contributed by atoms with Gasteiger partial charge in [-0.1, -0.05) is 23.7 Å². The fourth-order valence-corrected chi connectivity index (χ4v) is 3.07. The fourth-order valence-electron chi connectivity index (χ4n) is 2.88. The summed E-state index contributed by atoms with van der Waals surface area (Å²) in [6.45, 7) is 10.4. The predicted molar refractivity (Wildman–Crippen MR) is 124 cm³/mol. The zero-order valence-electron chi connectivity index (χ0n) is 16.7. The Morgan fingerprint density at radius 2 is 1.85 bits per heavy atom. The first-order chi connectivity index (χ1) is 12.3. The molecule has 5 nitrogen and oxygen atoms in total. The standard InChI is InChI=1S/C20H31ClN4O.HI/c1-5-22-17(26)19(3,4)13-24-18(23-6-2)25-14-20(10-11-20)15-8-7-9-16(21)12-15;/h7-9,12H,5-6,10-11,13-14H2,1-4H3,(H,22,26)(H2,23,24,25);1H. The monoisotopic (exact) mass is 506 g/mol. The van der Waals surface area contributed by atoms with Gasteiger partial charge in [0, 0.05) is 30.1 Å². The second-order valence-electron chi connectivity index (χ2n) is 7.58. The molecule has 1 aromatic rings. The number of rotatable bonds is 8.